The summed E-state index contributed by atoms with van der Waals surface area (Å²) in [7, 11) is -3.71. The molecular formula is C12H16N2O5S. The van der Waals surface area contributed by atoms with Gasteiger partial charge < -0.3 is 15.2 Å². The summed E-state index contributed by atoms with van der Waals surface area (Å²) >= 11 is 0. The zero-order valence-corrected chi connectivity index (χ0v) is 11.7. The molecule has 8 heteroatoms. The molecule has 3 N–H and O–H groups in total. The van der Waals surface area contributed by atoms with E-state index in [2.05, 4.69) is 10.0 Å². The van der Waals surface area contributed by atoms with Gasteiger partial charge in [0.15, 0.2) is 0 Å². The quantitative estimate of drug-likeness (QED) is 0.737. The van der Waals surface area contributed by atoms with Gasteiger partial charge in [-0.2, -0.15) is 0 Å². The maximum atomic E-state index is 12.0. The van der Waals surface area contributed by atoms with Crippen LogP contribution in [0.2, 0.25) is 0 Å². The first kappa shape index (κ1) is 14.6. The van der Waals surface area contributed by atoms with Crippen molar-refractivity contribution in [2.75, 3.05) is 18.4 Å². The molecule has 20 heavy (non-hydrogen) atoms. The molecule has 0 spiro atoms. The molecule has 1 aromatic rings. The van der Waals surface area contributed by atoms with E-state index >= 15 is 0 Å². The van der Waals surface area contributed by atoms with Crippen LogP contribution in [0.3, 0.4) is 0 Å². The van der Waals surface area contributed by atoms with Crippen LogP contribution in [0.25, 0.3) is 0 Å². The predicted molar refractivity (Wildman–Crippen MR) is 72.5 cm³/mol. The summed E-state index contributed by atoms with van der Waals surface area (Å²) in [6, 6.07) is 4.50. The molecule has 110 valence electrons. The number of sulfonamides is 1. The number of anilines is 1. The number of fused-ring (bicyclic) bond motifs is 1. The second-order valence-electron chi connectivity index (χ2n) is 4.51. The van der Waals surface area contributed by atoms with Gasteiger partial charge in [0.25, 0.3) is 0 Å². The maximum absolute atomic E-state index is 12.0. The molecular weight excluding hydrogens is 284 g/mol. The largest absolute Gasteiger partial charge is 0.487 e. The molecule has 2 rings (SSSR count). The Bertz CT molecular complexity index is 614. The van der Waals surface area contributed by atoms with Crippen molar-refractivity contribution in [3.8, 4) is 5.75 Å². The topological polar surface area (TPSA) is 105 Å². The Labute approximate surface area is 117 Å². The molecule has 0 fully saturated rings. The Morgan fingerprint density at radius 3 is 3.00 bits per heavy atom. The van der Waals surface area contributed by atoms with Gasteiger partial charge in [0.1, 0.15) is 11.9 Å². The Morgan fingerprint density at radius 2 is 2.30 bits per heavy atom. The number of rotatable bonds is 5. The van der Waals surface area contributed by atoms with E-state index in [1.807, 2.05) is 6.92 Å². The summed E-state index contributed by atoms with van der Waals surface area (Å²) in [6.45, 7) is 2.37. The highest BCUT2D eigenvalue weighted by atomic mass is 32.2. The van der Waals surface area contributed by atoms with Crippen molar-refractivity contribution in [3.05, 3.63) is 18.2 Å². The molecule has 0 amide bonds. The van der Waals surface area contributed by atoms with E-state index in [0.717, 1.165) is 0 Å². The average Bonchev–Trinajstić information content (AvgIpc) is 2.37. The Balaban J connectivity index is 2.14. The van der Waals surface area contributed by atoms with Crippen LogP contribution in [-0.2, 0) is 14.8 Å². The van der Waals surface area contributed by atoms with Crippen molar-refractivity contribution in [3.63, 3.8) is 0 Å². The van der Waals surface area contributed by atoms with Gasteiger partial charge in [-0.25, -0.2) is 13.1 Å². The Morgan fingerprint density at radius 1 is 1.55 bits per heavy atom. The minimum absolute atomic E-state index is 0.0265. The second-order valence-corrected chi connectivity index (χ2v) is 6.28. The second kappa shape index (κ2) is 5.68. The van der Waals surface area contributed by atoms with Crippen molar-refractivity contribution in [2.45, 2.75) is 24.3 Å². The zero-order valence-electron chi connectivity index (χ0n) is 10.9. The van der Waals surface area contributed by atoms with Gasteiger partial charge in [-0.3, -0.25) is 4.79 Å². The fraction of sp³-hybridized carbons (Fsp3) is 0.417. The summed E-state index contributed by atoms with van der Waals surface area (Å²) in [5, 5.41) is 11.6. The number of carboxylic acid groups (broad SMARTS) is 1. The highest BCUT2D eigenvalue weighted by Gasteiger charge is 2.20. The van der Waals surface area contributed by atoms with Crippen molar-refractivity contribution < 1.29 is 23.1 Å². The number of carboxylic acids is 1. The highest BCUT2D eigenvalue weighted by Crippen LogP contribution is 2.31. The van der Waals surface area contributed by atoms with Gasteiger partial charge >= 0.3 is 5.97 Å². The SMILES string of the molecule is CC1CNc2cc(S(=O)(=O)NCCC(=O)O)ccc2O1. The van der Waals surface area contributed by atoms with E-state index in [9.17, 15) is 13.2 Å². The zero-order chi connectivity index (χ0) is 14.8. The maximum Gasteiger partial charge on any atom is 0.304 e. The summed E-state index contributed by atoms with van der Waals surface area (Å²) in [4.78, 5) is 10.5. The van der Waals surface area contributed by atoms with Gasteiger partial charge in [-0.05, 0) is 25.1 Å². The van der Waals surface area contributed by atoms with Crippen molar-refractivity contribution >= 4 is 21.7 Å². The molecule has 1 atom stereocenters. The molecule has 1 aliphatic rings. The fourth-order valence-electron chi connectivity index (χ4n) is 1.80. The van der Waals surface area contributed by atoms with Crippen LogP contribution in [-0.4, -0.2) is 38.7 Å². The summed E-state index contributed by atoms with van der Waals surface area (Å²) in [6.07, 6.45) is -0.234. The van der Waals surface area contributed by atoms with Gasteiger partial charge in [-0.15, -0.1) is 0 Å². The molecule has 0 aliphatic carbocycles. The summed E-state index contributed by atoms with van der Waals surface area (Å²) in [5.41, 5.74) is 0.615. The molecule has 0 saturated carbocycles. The van der Waals surface area contributed by atoms with Crippen molar-refractivity contribution in [2.24, 2.45) is 0 Å². The molecule has 7 nitrogen and oxygen atoms in total. The van der Waals surface area contributed by atoms with Gasteiger partial charge in [-0.1, -0.05) is 0 Å². The van der Waals surface area contributed by atoms with Crippen LogP contribution in [0.4, 0.5) is 5.69 Å². The van der Waals surface area contributed by atoms with Crippen molar-refractivity contribution in [1.82, 2.24) is 4.72 Å². The van der Waals surface area contributed by atoms with Crippen LogP contribution < -0.4 is 14.8 Å². The van der Waals surface area contributed by atoms with E-state index in [-0.39, 0.29) is 24.0 Å². The number of hydrogen-bond acceptors (Lipinski definition) is 5. The third-order valence-corrected chi connectivity index (χ3v) is 4.26. The highest BCUT2D eigenvalue weighted by molar-refractivity contribution is 7.89. The first-order chi connectivity index (χ1) is 9.38. The lowest BCUT2D eigenvalue weighted by Gasteiger charge is -2.25. The number of hydrogen-bond donors (Lipinski definition) is 3. The van der Waals surface area contributed by atoms with Crippen LogP contribution >= 0.6 is 0 Å². The van der Waals surface area contributed by atoms with Crippen LogP contribution in [0.1, 0.15) is 13.3 Å². The average molecular weight is 300 g/mol. The monoisotopic (exact) mass is 300 g/mol. The third kappa shape index (κ3) is 3.40. The normalized spacial score (nSPS) is 17.8. The first-order valence-corrected chi connectivity index (χ1v) is 7.63. The summed E-state index contributed by atoms with van der Waals surface area (Å²) in [5.74, 6) is -0.449. The lowest BCUT2D eigenvalue weighted by molar-refractivity contribution is -0.136. The molecule has 1 aliphatic heterocycles. The number of benzene rings is 1. The lowest BCUT2D eigenvalue weighted by Crippen LogP contribution is -2.29. The van der Waals surface area contributed by atoms with Crippen LogP contribution in [0.15, 0.2) is 23.1 Å². The minimum atomic E-state index is -3.71. The minimum Gasteiger partial charge on any atom is -0.487 e. The third-order valence-electron chi connectivity index (χ3n) is 2.80. The number of carbonyl (C=O) groups is 1. The fourth-order valence-corrected chi connectivity index (χ4v) is 2.86. The smallest absolute Gasteiger partial charge is 0.304 e. The molecule has 0 saturated heterocycles. The van der Waals surface area contributed by atoms with E-state index in [0.29, 0.717) is 18.0 Å². The lowest BCUT2D eigenvalue weighted by atomic mass is 10.2. The molecule has 1 heterocycles. The van der Waals surface area contributed by atoms with E-state index in [1.54, 1.807) is 6.07 Å². The molecule has 1 aromatic carbocycles. The van der Waals surface area contributed by atoms with Crippen LogP contribution in [0.5, 0.6) is 5.75 Å². The van der Waals surface area contributed by atoms with E-state index < -0.39 is 16.0 Å². The summed E-state index contributed by atoms with van der Waals surface area (Å²) < 4.78 is 31.8. The van der Waals surface area contributed by atoms with Gasteiger partial charge in [0.2, 0.25) is 10.0 Å². The number of nitrogens with one attached hydrogen (secondary N) is 2. The molecule has 0 radical (unpaired) electrons. The number of ether oxygens (including phenoxy) is 1. The van der Waals surface area contributed by atoms with Crippen LogP contribution in [0, 0.1) is 0 Å². The Hall–Kier alpha value is -1.80. The van der Waals surface area contributed by atoms with Crippen molar-refractivity contribution in [1.29, 1.82) is 0 Å². The first-order valence-electron chi connectivity index (χ1n) is 6.14. The molecule has 0 bridgehead atoms. The Kier molecular flexibility index (Phi) is 4.15. The molecule has 1 unspecified atom stereocenters. The van der Waals surface area contributed by atoms with E-state index in [4.69, 9.17) is 9.84 Å². The molecule has 0 aromatic heterocycles. The standard InChI is InChI=1S/C12H16N2O5S/c1-8-7-13-10-6-9(2-3-11(10)19-8)20(17,18)14-5-4-12(15)16/h2-3,6,8,13-14H,4-5,7H2,1H3,(H,15,16). The predicted octanol–water partition coefficient (Wildman–Crippen LogP) is 0.632. The van der Waals surface area contributed by atoms with Gasteiger partial charge in [0, 0.05) is 6.54 Å². The number of aliphatic carboxylic acids is 1. The van der Waals surface area contributed by atoms with E-state index in [1.165, 1.54) is 12.1 Å². The van der Waals surface area contributed by atoms with Gasteiger partial charge in [0.05, 0.1) is 23.5 Å².